The molecular formula is C18H20O. The molecule has 1 atom stereocenters. The molecule has 3 rings (SSSR count). The molecule has 1 nitrogen and oxygen atoms in total. The number of fused-ring (bicyclic) bond motifs is 1. The number of aliphatic hydroxyl groups is 1. The molecule has 1 N–H and O–H groups in total. The summed E-state index contributed by atoms with van der Waals surface area (Å²) >= 11 is 0. The molecule has 0 fully saturated rings. The van der Waals surface area contributed by atoms with Crippen molar-refractivity contribution in [3.05, 3.63) is 70.3 Å². The minimum atomic E-state index is -0.396. The van der Waals surface area contributed by atoms with Gasteiger partial charge < -0.3 is 5.11 Å². The van der Waals surface area contributed by atoms with Gasteiger partial charge in [-0.1, -0.05) is 42.5 Å². The largest absolute Gasteiger partial charge is 0.388 e. The average molecular weight is 252 g/mol. The number of hydrogen-bond donors (Lipinski definition) is 1. The molecule has 0 saturated carbocycles. The average Bonchev–Trinajstić information content (AvgIpc) is 2.88. The highest BCUT2D eigenvalue weighted by Crippen LogP contribution is 2.27. The Hall–Kier alpha value is -1.60. The van der Waals surface area contributed by atoms with Gasteiger partial charge in [0.2, 0.25) is 0 Å². The van der Waals surface area contributed by atoms with Gasteiger partial charge in [0.1, 0.15) is 0 Å². The van der Waals surface area contributed by atoms with E-state index in [2.05, 4.69) is 37.3 Å². The highest BCUT2D eigenvalue weighted by atomic mass is 16.3. The third kappa shape index (κ3) is 2.57. The first kappa shape index (κ1) is 12.4. The van der Waals surface area contributed by atoms with Crippen molar-refractivity contribution in [2.75, 3.05) is 0 Å². The van der Waals surface area contributed by atoms with Crippen molar-refractivity contribution in [1.82, 2.24) is 0 Å². The standard InChI is InChI=1S/C18H20O/c1-13-5-2-3-6-15(13)12-18(19)17-10-9-14-7-4-8-16(14)11-17/h2-3,5-6,9-11,18-19H,4,7-8,12H2,1H3. The number of benzene rings is 2. The Morgan fingerprint density at radius 1 is 1.05 bits per heavy atom. The Balaban J connectivity index is 1.81. The molecule has 1 unspecified atom stereocenters. The fraction of sp³-hybridized carbons (Fsp3) is 0.333. The summed E-state index contributed by atoms with van der Waals surface area (Å²) in [6, 6.07) is 14.8. The van der Waals surface area contributed by atoms with Crippen LogP contribution >= 0.6 is 0 Å². The molecule has 1 aliphatic rings. The van der Waals surface area contributed by atoms with Gasteiger partial charge in [0.15, 0.2) is 0 Å². The monoisotopic (exact) mass is 252 g/mol. The Morgan fingerprint density at radius 3 is 2.68 bits per heavy atom. The Morgan fingerprint density at radius 2 is 1.84 bits per heavy atom. The Kier molecular flexibility index (Phi) is 3.39. The van der Waals surface area contributed by atoms with Crippen molar-refractivity contribution in [2.45, 2.75) is 38.7 Å². The van der Waals surface area contributed by atoms with E-state index in [0.717, 1.165) is 5.56 Å². The first-order valence-corrected chi connectivity index (χ1v) is 7.08. The van der Waals surface area contributed by atoms with Gasteiger partial charge in [0, 0.05) is 6.42 Å². The molecule has 2 aromatic carbocycles. The van der Waals surface area contributed by atoms with Crippen LogP contribution in [0.2, 0.25) is 0 Å². The van der Waals surface area contributed by atoms with Crippen LogP contribution < -0.4 is 0 Å². The molecule has 0 amide bonds. The topological polar surface area (TPSA) is 20.2 Å². The maximum atomic E-state index is 10.4. The molecule has 0 bridgehead atoms. The van der Waals surface area contributed by atoms with Crippen LogP contribution in [0.3, 0.4) is 0 Å². The molecule has 1 aliphatic carbocycles. The van der Waals surface area contributed by atoms with Gasteiger partial charge in [0.25, 0.3) is 0 Å². The molecule has 0 aliphatic heterocycles. The minimum absolute atomic E-state index is 0.396. The van der Waals surface area contributed by atoms with Crippen molar-refractivity contribution in [3.8, 4) is 0 Å². The van der Waals surface area contributed by atoms with Crippen molar-refractivity contribution in [3.63, 3.8) is 0 Å². The Bertz CT molecular complexity index is 586. The van der Waals surface area contributed by atoms with Crippen LogP contribution in [0.4, 0.5) is 0 Å². The number of rotatable bonds is 3. The number of aliphatic hydroxyl groups excluding tert-OH is 1. The van der Waals surface area contributed by atoms with Gasteiger partial charge >= 0.3 is 0 Å². The summed E-state index contributed by atoms with van der Waals surface area (Å²) in [7, 11) is 0. The molecule has 0 heterocycles. The summed E-state index contributed by atoms with van der Waals surface area (Å²) in [6.07, 6.45) is 3.93. The van der Waals surface area contributed by atoms with Crippen LogP contribution in [0.25, 0.3) is 0 Å². The predicted molar refractivity (Wildman–Crippen MR) is 78.3 cm³/mol. The molecular weight excluding hydrogens is 232 g/mol. The van der Waals surface area contributed by atoms with Crippen LogP contribution in [0.1, 0.15) is 40.3 Å². The van der Waals surface area contributed by atoms with Gasteiger partial charge in [-0.15, -0.1) is 0 Å². The summed E-state index contributed by atoms with van der Waals surface area (Å²) in [5.41, 5.74) is 6.44. The fourth-order valence-electron chi connectivity index (χ4n) is 2.96. The van der Waals surface area contributed by atoms with Gasteiger partial charge in [0.05, 0.1) is 6.10 Å². The summed E-state index contributed by atoms with van der Waals surface area (Å²) in [4.78, 5) is 0. The van der Waals surface area contributed by atoms with E-state index in [1.54, 1.807) is 0 Å². The van der Waals surface area contributed by atoms with Crippen molar-refractivity contribution < 1.29 is 5.11 Å². The quantitative estimate of drug-likeness (QED) is 0.882. The van der Waals surface area contributed by atoms with E-state index in [9.17, 15) is 5.11 Å². The van der Waals surface area contributed by atoms with E-state index in [1.165, 1.54) is 41.5 Å². The molecule has 0 spiro atoms. The van der Waals surface area contributed by atoms with Crippen molar-refractivity contribution in [1.29, 1.82) is 0 Å². The maximum Gasteiger partial charge on any atom is 0.0830 e. The van der Waals surface area contributed by atoms with Crippen LogP contribution in [-0.2, 0) is 19.3 Å². The summed E-state index contributed by atoms with van der Waals surface area (Å²) in [5.74, 6) is 0. The third-order valence-electron chi connectivity index (χ3n) is 4.18. The molecule has 0 radical (unpaired) electrons. The number of aryl methyl sites for hydroxylation is 3. The zero-order valence-corrected chi connectivity index (χ0v) is 11.4. The maximum absolute atomic E-state index is 10.4. The molecule has 2 aromatic rings. The first-order chi connectivity index (χ1) is 9.24. The van der Waals surface area contributed by atoms with Crippen LogP contribution in [-0.4, -0.2) is 5.11 Å². The summed E-state index contributed by atoms with van der Waals surface area (Å²) < 4.78 is 0. The normalized spacial score (nSPS) is 15.3. The minimum Gasteiger partial charge on any atom is -0.388 e. The van der Waals surface area contributed by atoms with Crippen molar-refractivity contribution >= 4 is 0 Å². The predicted octanol–water partition coefficient (Wildman–Crippen LogP) is 3.76. The molecule has 19 heavy (non-hydrogen) atoms. The van der Waals surface area contributed by atoms with E-state index in [4.69, 9.17) is 0 Å². The zero-order chi connectivity index (χ0) is 13.2. The summed E-state index contributed by atoms with van der Waals surface area (Å²) in [6.45, 7) is 2.10. The van der Waals surface area contributed by atoms with Gasteiger partial charge in [-0.3, -0.25) is 0 Å². The third-order valence-corrected chi connectivity index (χ3v) is 4.18. The van der Waals surface area contributed by atoms with E-state index in [-0.39, 0.29) is 0 Å². The molecule has 1 heteroatoms. The van der Waals surface area contributed by atoms with Crippen molar-refractivity contribution in [2.24, 2.45) is 0 Å². The van der Waals surface area contributed by atoms with Gasteiger partial charge in [-0.05, 0) is 54.0 Å². The lowest BCUT2D eigenvalue weighted by molar-refractivity contribution is 0.178. The number of hydrogen-bond acceptors (Lipinski definition) is 1. The van der Waals surface area contributed by atoms with E-state index < -0.39 is 6.10 Å². The first-order valence-electron chi connectivity index (χ1n) is 7.08. The van der Waals surface area contributed by atoms with Crippen LogP contribution in [0.5, 0.6) is 0 Å². The van der Waals surface area contributed by atoms with Gasteiger partial charge in [-0.2, -0.15) is 0 Å². The lowest BCUT2D eigenvalue weighted by Gasteiger charge is -2.14. The van der Waals surface area contributed by atoms with Crippen LogP contribution in [0.15, 0.2) is 42.5 Å². The van der Waals surface area contributed by atoms with E-state index in [0.29, 0.717) is 6.42 Å². The SMILES string of the molecule is Cc1ccccc1CC(O)c1ccc2c(c1)CCC2. The second-order valence-electron chi connectivity index (χ2n) is 5.53. The highest BCUT2D eigenvalue weighted by Gasteiger charge is 2.15. The van der Waals surface area contributed by atoms with E-state index in [1.807, 2.05) is 12.1 Å². The summed E-state index contributed by atoms with van der Waals surface area (Å²) in [5, 5.41) is 10.4. The smallest absolute Gasteiger partial charge is 0.0830 e. The highest BCUT2D eigenvalue weighted by molar-refractivity contribution is 5.37. The van der Waals surface area contributed by atoms with E-state index >= 15 is 0 Å². The Labute approximate surface area is 114 Å². The van der Waals surface area contributed by atoms with Gasteiger partial charge in [-0.25, -0.2) is 0 Å². The lowest BCUT2D eigenvalue weighted by atomic mass is 9.96. The second kappa shape index (κ2) is 5.18. The molecule has 98 valence electrons. The zero-order valence-electron chi connectivity index (χ0n) is 11.4. The second-order valence-corrected chi connectivity index (χ2v) is 5.53. The fourth-order valence-corrected chi connectivity index (χ4v) is 2.96. The molecule has 0 saturated heterocycles. The van der Waals surface area contributed by atoms with Crippen LogP contribution in [0, 0.1) is 6.92 Å². The lowest BCUT2D eigenvalue weighted by Crippen LogP contribution is -2.04. The molecule has 0 aromatic heterocycles.